The lowest BCUT2D eigenvalue weighted by molar-refractivity contribution is 0.199. The van der Waals surface area contributed by atoms with Gasteiger partial charge >= 0.3 is 0 Å². The van der Waals surface area contributed by atoms with E-state index in [9.17, 15) is 0 Å². The van der Waals surface area contributed by atoms with E-state index in [0.29, 0.717) is 5.56 Å². The van der Waals surface area contributed by atoms with Crippen molar-refractivity contribution >= 4 is 17.4 Å². The number of likely N-dealkylation sites (N-methyl/N-ethyl adjacent to an activating group) is 1. The van der Waals surface area contributed by atoms with Crippen LogP contribution in [0.25, 0.3) is 28.0 Å². The summed E-state index contributed by atoms with van der Waals surface area (Å²) in [6, 6.07) is 52.1. The molecule has 0 bridgehead atoms. The molecule has 0 fully saturated rings. The van der Waals surface area contributed by atoms with E-state index < -0.39 is 6.23 Å². The monoisotopic (exact) mass is 664 g/mol. The molecule has 3 N–H and O–H groups in total. The molecule has 2 atom stereocenters. The van der Waals surface area contributed by atoms with Crippen LogP contribution in [0.3, 0.4) is 0 Å². The molecule has 8 rings (SSSR count). The van der Waals surface area contributed by atoms with Crippen LogP contribution < -0.4 is 5.73 Å². The summed E-state index contributed by atoms with van der Waals surface area (Å²) in [6.07, 6.45) is 1.36. The molecule has 0 saturated carbocycles. The second-order valence-corrected chi connectivity index (χ2v) is 13.8. The predicted molar refractivity (Wildman–Crippen MR) is 209 cm³/mol. The normalized spacial score (nSPS) is 16.4. The van der Waals surface area contributed by atoms with E-state index >= 15 is 0 Å². The summed E-state index contributed by atoms with van der Waals surface area (Å²) in [5.41, 5.74) is 19.2. The maximum absolute atomic E-state index is 8.98. The fourth-order valence-corrected chi connectivity index (χ4v) is 7.44. The zero-order chi connectivity index (χ0) is 35.1. The molecule has 5 heteroatoms. The molecular formula is C46H40N4O. The summed E-state index contributed by atoms with van der Waals surface area (Å²) < 4.78 is 6.14. The van der Waals surface area contributed by atoms with Gasteiger partial charge in [-0.2, -0.15) is 0 Å². The number of nitrogens with zero attached hydrogens (tertiary/aromatic N) is 2. The topological polar surface area (TPSA) is 74.7 Å². The van der Waals surface area contributed by atoms with Crippen LogP contribution in [0.1, 0.15) is 65.1 Å². The number of amidine groups is 1. The molecule has 6 aromatic carbocycles. The molecule has 1 aliphatic carbocycles. The predicted octanol–water partition coefficient (Wildman–Crippen LogP) is 10.1. The first-order chi connectivity index (χ1) is 24.8. The van der Waals surface area contributed by atoms with Crippen molar-refractivity contribution in [2.75, 3.05) is 7.05 Å². The second kappa shape index (κ2) is 13.0. The number of hydrogen-bond acceptors (Lipinski definition) is 5. The third-order valence-corrected chi connectivity index (χ3v) is 10.3. The van der Waals surface area contributed by atoms with Crippen LogP contribution in [0.15, 0.2) is 163 Å². The highest BCUT2D eigenvalue weighted by Crippen LogP contribution is 2.50. The third kappa shape index (κ3) is 5.96. The van der Waals surface area contributed by atoms with Gasteiger partial charge in [-0.15, -0.1) is 0 Å². The van der Waals surface area contributed by atoms with Crippen molar-refractivity contribution in [3.63, 3.8) is 0 Å². The highest BCUT2D eigenvalue weighted by Gasteiger charge is 2.36. The number of nitrogens with two attached hydrogens (primary N) is 1. The van der Waals surface area contributed by atoms with Gasteiger partial charge in [-0.3, -0.25) is 11.1 Å². The molecule has 6 aromatic rings. The molecule has 51 heavy (non-hydrogen) atoms. The number of ether oxygens (including phenoxy) is 1. The van der Waals surface area contributed by atoms with Crippen LogP contribution in [0.4, 0.5) is 0 Å². The van der Waals surface area contributed by atoms with E-state index in [1.807, 2.05) is 54.6 Å². The van der Waals surface area contributed by atoms with E-state index in [0.717, 1.165) is 28.2 Å². The van der Waals surface area contributed by atoms with Crippen LogP contribution in [-0.4, -0.2) is 23.7 Å². The van der Waals surface area contributed by atoms with Gasteiger partial charge in [0.05, 0.1) is 11.7 Å². The average Bonchev–Trinajstić information content (AvgIpc) is 3.40. The molecule has 2 unspecified atom stereocenters. The van der Waals surface area contributed by atoms with Crippen molar-refractivity contribution < 1.29 is 4.74 Å². The number of nitrogens with one attached hydrogen (secondary N) is 1. The minimum Gasteiger partial charge on any atom is -0.454 e. The smallest absolute Gasteiger partial charge is 0.215 e. The Kier molecular flexibility index (Phi) is 8.21. The van der Waals surface area contributed by atoms with Gasteiger partial charge in [0.1, 0.15) is 5.84 Å². The van der Waals surface area contributed by atoms with Crippen molar-refractivity contribution in [1.29, 1.82) is 5.41 Å². The highest BCUT2D eigenvalue weighted by atomic mass is 16.5. The molecule has 250 valence electrons. The number of benzene rings is 6. The van der Waals surface area contributed by atoms with Crippen molar-refractivity contribution in [3.8, 4) is 22.3 Å². The maximum Gasteiger partial charge on any atom is 0.215 e. The fraction of sp³-hybridized carbons (Fsp3) is 0.130. The van der Waals surface area contributed by atoms with Gasteiger partial charge in [-0.1, -0.05) is 141 Å². The lowest BCUT2D eigenvalue weighted by Crippen LogP contribution is -2.33. The van der Waals surface area contributed by atoms with Gasteiger partial charge in [0.15, 0.2) is 6.23 Å². The Balaban J connectivity index is 1.06. The first-order valence-corrected chi connectivity index (χ1v) is 17.4. The van der Waals surface area contributed by atoms with Crippen molar-refractivity contribution in [2.45, 2.75) is 31.5 Å². The van der Waals surface area contributed by atoms with E-state index in [4.69, 9.17) is 20.9 Å². The van der Waals surface area contributed by atoms with Crippen molar-refractivity contribution in [3.05, 3.63) is 197 Å². The highest BCUT2D eigenvalue weighted by molar-refractivity contribution is 6.03. The molecule has 0 aromatic heterocycles. The summed E-state index contributed by atoms with van der Waals surface area (Å²) in [6.45, 7) is 4.51. The standard InChI is InChI=1S/C46H40N4O/c1-46(2)39-27-33(30-14-7-4-8-15-30)22-24-37(39)38-25-23-36(28-40(38)46)44(48)51-43(47)35-21-13-20-34(26-35)41-29-42(31-16-9-5-10-17-31)50(3)45(49-41)32-18-11-6-12-19-32/h4-29,42-43,48H,47H2,1-3H3. The van der Waals surface area contributed by atoms with Crippen LogP contribution in [0, 0.1) is 5.41 Å². The molecule has 2 aliphatic rings. The van der Waals surface area contributed by atoms with E-state index in [2.05, 4.69) is 129 Å². The molecule has 1 heterocycles. The number of rotatable bonds is 7. The SMILES string of the molecule is CN1C(c2ccccc2)=NC(c2cccc(C(N)OC(=N)c3ccc4c(c3)C(C)(C)c3cc(-c5ccccc5)ccc3-4)c2)=CC1c1ccccc1. The summed E-state index contributed by atoms with van der Waals surface area (Å²) >= 11 is 0. The molecule has 5 nitrogen and oxygen atoms in total. The van der Waals surface area contributed by atoms with Crippen LogP contribution in [0.2, 0.25) is 0 Å². The van der Waals surface area contributed by atoms with Crippen molar-refractivity contribution in [2.24, 2.45) is 10.7 Å². The maximum atomic E-state index is 8.98. The first-order valence-electron chi connectivity index (χ1n) is 17.4. The largest absolute Gasteiger partial charge is 0.454 e. The number of aliphatic imine (C=N–C) groups is 1. The Bertz CT molecular complexity index is 2310. The van der Waals surface area contributed by atoms with Gasteiger partial charge in [-0.05, 0) is 69.3 Å². The summed E-state index contributed by atoms with van der Waals surface area (Å²) in [7, 11) is 2.09. The molecule has 0 radical (unpaired) electrons. The Morgan fingerprint density at radius 2 is 1.29 bits per heavy atom. The zero-order valence-electron chi connectivity index (χ0n) is 29.0. The van der Waals surface area contributed by atoms with Gasteiger partial charge in [0, 0.05) is 34.7 Å². The van der Waals surface area contributed by atoms with E-state index in [1.54, 1.807) is 0 Å². The minimum absolute atomic E-state index is 0.00390. The summed E-state index contributed by atoms with van der Waals surface area (Å²) in [5, 5.41) is 8.98. The van der Waals surface area contributed by atoms with Crippen molar-refractivity contribution in [1.82, 2.24) is 4.90 Å². The molecule has 1 aliphatic heterocycles. The Hall–Kier alpha value is -6.04. The van der Waals surface area contributed by atoms with Crippen LogP contribution in [-0.2, 0) is 10.2 Å². The molecular weight excluding hydrogens is 625 g/mol. The Morgan fingerprint density at radius 3 is 2.00 bits per heavy atom. The average molecular weight is 665 g/mol. The van der Waals surface area contributed by atoms with E-state index in [-0.39, 0.29) is 17.4 Å². The Morgan fingerprint density at radius 1 is 0.686 bits per heavy atom. The molecule has 0 amide bonds. The van der Waals surface area contributed by atoms with Crippen LogP contribution in [0.5, 0.6) is 0 Å². The summed E-state index contributed by atoms with van der Waals surface area (Å²) in [4.78, 5) is 7.37. The summed E-state index contributed by atoms with van der Waals surface area (Å²) in [5.74, 6) is 0.937. The van der Waals surface area contributed by atoms with Gasteiger partial charge in [-0.25, -0.2) is 4.99 Å². The van der Waals surface area contributed by atoms with Gasteiger partial charge in [0.25, 0.3) is 0 Å². The quantitative estimate of drug-likeness (QED) is 0.101. The van der Waals surface area contributed by atoms with Gasteiger partial charge < -0.3 is 9.64 Å². The van der Waals surface area contributed by atoms with Gasteiger partial charge in [0.2, 0.25) is 5.90 Å². The lowest BCUT2D eigenvalue weighted by Gasteiger charge is -2.33. The minimum atomic E-state index is -0.835. The lowest BCUT2D eigenvalue weighted by atomic mass is 9.81. The molecule has 0 saturated heterocycles. The number of hydrogen-bond donors (Lipinski definition) is 2. The number of fused-ring (bicyclic) bond motifs is 3. The molecule has 0 spiro atoms. The van der Waals surface area contributed by atoms with E-state index in [1.165, 1.54) is 38.9 Å². The third-order valence-electron chi connectivity index (χ3n) is 10.3. The Labute approximate surface area is 299 Å². The first kappa shape index (κ1) is 32.2. The fourth-order valence-electron chi connectivity index (χ4n) is 7.44. The zero-order valence-corrected chi connectivity index (χ0v) is 29.0. The van der Waals surface area contributed by atoms with Crippen LogP contribution >= 0.6 is 0 Å². The second-order valence-electron chi connectivity index (χ2n) is 13.8.